The number of nitrogens with zero attached hydrogens (tertiary/aromatic N) is 1. The van der Waals surface area contributed by atoms with Gasteiger partial charge in [-0.15, -0.1) is 0 Å². The van der Waals surface area contributed by atoms with Crippen molar-refractivity contribution in [2.24, 2.45) is 0 Å². The molecule has 0 aromatic rings. The largest absolute Gasteiger partial charge is 0.450 e. The molecule has 0 aromatic heterocycles. The van der Waals surface area contributed by atoms with Crippen molar-refractivity contribution in [2.75, 3.05) is 19.7 Å². The molecule has 13 heavy (non-hydrogen) atoms. The Morgan fingerprint density at radius 2 is 2.23 bits per heavy atom. The summed E-state index contributed by atoms with van der Waals surface area (Å²) in [5.74, 6) is 0. The Morgan fingerprint density at radius 3 is 2.69 bits per heavy atom. The lowest BCUT2D eigenvalue weighted by Crippen LogP contribution is -2.33. The van der Waals surface area contributed by atoms with E-state index in [2.05, 4.69) is 0 Å². The number of carbonyl (C=O) groups is 2. The molecule has 0 aliphatic carbocycles. The van der Waals surface area contributed by atoms with E-state index < -0.39 is 6.09 Å². The van der Waals surface area contributed by atoms with Crippen LogP contribution in [-0.2, 0) is 9.53 Å². The van der Waals surface area contributed by atoms with Gasteiger partial charge in [-0.1, -0.05) is 17.7 Å². The van der Waals surface area contributed by atoms with E-state index in [4.69, 9.17) is 16.3 Å². The van der Waals surface area contributed by atoms with Gasteiger partial charge < -0.3 is 9.53 Å². The minimum Gasteiger partial charge on any atom is -0.450 e. The molecule has 0 fully saturated rings. The number of halogens is 1. The van der Waals surface area contributed by atoms with E-state index in [1.54, 1.807) is 13.0 Å². The fourth-order valence-corrected chi connectivity index (χ4v) is 0.775. The van der Waals surface area contributed by atoms with E-state index in [1.165, 1.54) is 10.4 Å². The van der Waals surface area contributed by atoms with E-state index in [1.807, 2.05) is 0 Å². The summed E-state index contributed by atoms with van der Waals surface area (Å²) in [7, 11) is 0. The monoisotopic (exact) mass is 205 g/mol. The van der Waals surface area contributed by atoms with Crippen LogP contribution in [0.4, 0.5) is 4.79 Å². The molecule has 0 aromatic carbocycles. The molecular weight excluding hydrogens is 194 g/mol. The van der Waals surface area contributed by atoms with Gasteiger partial charge in [0.1, 0.15) is 6.29 Å². The Hall–Kier alpha value is -1.03. The van der Waals surface area contributed by atoms with Crippen molar-refractivity contribution in [1.29, 1.82) is 0 Å². The average molecular weight is 206 g/mol. The molecule has 0 saturated carbocycles. The first kappa shape index (κ1) is 12.0. The maximum Gasteiger partial charge on any atom is 0.410 e. The molecule has 4 nitrogen and oxygen atoms in total. The van der Waals surface area contributed by atoms with Crippen molar-refractivity contribution in [1.82, 2.24) is 4.90 Å². The number of amides is 1. The van der Waals surface area contributed by atoms with Crippen LogP contribution in [0.2, 0.25) is 0 Å². The number of carbonyl (C=O) groups excluding carboxylic acids is 2. The van der Waals surface area contributed by atoms with Crippen molar-refractivity contribution in [2.45, 2.75) is 6.92 Å². The minimum absolute atomic E-state index is 0.0140. The van der Waals surface area contributed by atoms with Gasteiger partial charge in [0.05, 0.1) is 13.2 Å². The summed E-state index contributed by atoms with van der Waals surface area (Å²) in [6.07, 6.45) is 1.69. The van der Waals surface area contributed by atoms with E-state index in [0.29, 0.717) is 12.9 Å². The first-order chi connectivity index (χ1) is 6.26. The third-order valence-corrected chi connectivity index (χ3v) is 1.41. The molecule has 1 amide bonds. The molecule has 0 aliphatic heterocycles. The molecule has 0 N–H and O–H groups in total. The molecular formula is C8H12ClNO3. The summed E-state index contributed by atoms with van der Waals surface area (Å²) in [5, 5.41) is 0. The second-order valence-electron chi connectivity index (χ2n) is 2.13. The molecule has 74 valence electrons. The van der Waals surface area contributed by atoms with Crippen LogP contribution < -0.4 is 0 Å². The van der Waals surface area contributed by atoms with Gasteiger partial charge in [0.2, 0.25) is 0 Å². The molecule has 0 heterocycles. The maximum atomic E-state index is 11.1. The highest BCUT2D eigenvalue weighted by Gasteiger charge is 2.11. The van der Waals surface area contributed by atoms with Gasteiger partial charge in [0.25, 0.3) is 0 Å². The lowest BCUT2D eigenvalue weighted by molar-refractivity contribution is -0.108. The van der Waals surface area contributed by atoms with Gasteiger partial charge in [-0.2, -0.15) is 0 Å². The fraction of sp³-hybridized carbons (Fsp3) is 0.500. The lowest BCUT2D eigenvalue weighted by atomic mass is 10.5. The van der Waals surface area contributed by atoms with E-state index in [0.717, 1.165) is 0 Å². The average Bonchev–Trinajstić information content (AvgIpc) is 2.12. The van der Waals surface area contributed by atoms with Crippen molar-refractivity contribution in [3.8, 4) is 0 Å². The predicted molar refractivity (Wildman–Crippen MR) is 49.7 cm³/mol. The van der Waals surface area contributed by atoms with Crippen LogP contribution in [0.15, 0.2) is 11.6 Å². The first-order valence-electron chi connectivity index (χ1n) is 3.86. The van der Waals surface area contributed by atoms with Crippen LogP contribution >= 0.6 is 11.6 Å². The van der Waals surface area contributed by atoms with Gasteiger partial charge in [-0.25, -0.2) is 4.79 Å². The van der Waals surface area contributed by atoms with E-state index in [-0.39, 0.29) is 13.1 Å². The number of rotatable bonds is 5. The summed E-state index contributed by atoms with van der Waals surface area (Å²) in [6, 6.07) is 0. The molecule has 5 heteroatoms. The van der Waals surface area contributed by atoms with E-state index in [9.17, 15) is 9.59 Å². The van der Waals surface area contributed by atoms with Gasteiger partial charge in [0, 0.05) is 12.1 Å². The summed E-state index contributed by atoms with van der Waals surface area (Å²) >= 11 is 5.28. The summed E-state index contributed by atoms with van der Waals surface area (Å²) in [6.45, 7) is 2.29. The first-order valence-corrected chi connectivity index (χ1v) is 4.30. The van der Waals surface area contributed by atoms with Crippen LogP contribution in [0.25, 0.3) is 0 Å². The second kappa shape index (κ2) is 7.61. The van der Waals surface area contributed by atoms with Crippen LogP contribution in [0, 0.1) is 0 Å². The fourth-order valence-electron chi connectivity index (χ4n) is 0.695. The molecule has 0 aliphatic rings. The maximum absolute atomic E-state index is 11.1. The summed E-state index contributed by atoms with van der Waals surface area (Å²) in [4.78, 5) is 22.5. The van der Waals surface area contributed by atoms with Crippen LogP contribution in [-0.4, -0.2) is 37.0 Å². The highest BCUT2D eigenvalue weighted by Crippen LogP contribution is 1.94. The van der Waals surface area contributed by atoms with Gasteiger partial charge in [0.15, 0.2) is 0 Å². The molecule has 0 radical (unpaired) electrons. The SMILES string of the molecule is CCOC(=O)N(CC=O)CC=CCl. The highest BCUT2D eigenvalue weighted by molar-refractivity contribution is 6.25. The number of hydrogen-bond acceptors (Lipinski definition) is 3. The smallest absolute Gasteiger partial charge is 0.410 e. The number of hydrogen-bond donors (Lipinski definition) is 0. The second-order valence-corrected chi connectivity index (χ2v) is 2.38. The molecule has 0 saturated heterocycles. The lowest BCUT2D eigenvalue weighted by Gasteiger charge is -2.16. The zero-order valence-corrected chi connectivity index (χ0v) is 8.16. The Kier molecular flexibility index (Phi) is 7.01. The topological polar surface area (TPSA) is 46.6 Å². The molecule has 0 bridgehead atoms. The zero-order valence-electron chi connectivity index (χ0n) is 7.40. The molecule has 0 rings (SSSR count). The van der Waals surface area contributed by atoms with Gasteiger partial charge in [-0.3, -0.25) is 4.90 Å². The number of aldehydes is 1. The summed E-state index contributed by atoms with van der Waals surface area (Å²) < 4.78 is 4.70. The van der Waals surface area contributed by atoms with Gasteiger partial charge in [-0.05, 0) is 6.92 Å². The van der Waals surface area contributed by atoms with Crippen molar-refractivity contribution < 1.29 is 14.3 Å². The highest BCUT2D eigenvalue weighted by atomic mass is 35.5. The normalized spacial score (nSPS) is 10.0. The predicted octanol–water partition coefficient (Wildman–Crippen LogP) is 1.40. The number of ether oxygens (including phenoxy) is 1. The Morgan fingerprint density at radius 1 is 1.54 bits per heavy atom. The zero-order chi connectivity index (χ0) is 10.1. The van der Waals surface area contributed by atoms with Crippen molar-refractivity contribution in [3.63, 3.8) is 0 Å². The Labute approximate surface area is 82.1 Å². The third kappa shape index (κ3) is 5.25. The van der Waals surface area contributed by atoms with Crippen LogP contribution in [0.5, 0.6) is 0 Å². The van der Waals surface area contributed by atoms with Crippen LogP contribution in [0.3, 0.4) is 0 Å². The molecule has 0 atom stereocenters. The minimum atomic E-state index is -0.510. The van der Waals surface area contributed by atoms with Crippen molar-refractivity contribution in [3.05, 3.63) is 11.6 Å². The standard InChI is InChI=1S/C8H12ClNO3/c1-2-13-8(12)10(6-7-11)5-3-4-9/h3-4,7H,2,5-6H2,1H3. The van der Waals surface area contributed by atoms with E-state index >= 15 is 0 Å². The molecule has 0 unspecified atom stereocenters. The Balaban J connectivity index is 4.05. The van der Waals surface area contributed by atoms with Crippen molar-refractivity contribution >= 4 is 24.0 Å². The summed E-state index contributed by atoms with van der Waals surface area (Å²) in [5.41, 5.74) is 1.29. The Bertz CT molecular complexity index is 194. The van der Waals surface area contributed by atoms with Gasteiger partial charge >= 0.3 is 6.09 Å². The third-order valence-electron chi connectivity index (χ3n) is 1.24. The quantitative estimate of drug-likeness (QED) is 0.638. The van der Waals surface area contributed by atoms with Crippen LogP contribution in [0.1, 0.15) is 6.92 Å². The molecule has 0 spiro atoms.